The summed E-state index contributed by atoms with van der Waals surface area (Å²) in [6, 6.07) is 8.51. The van der Waals surface area contributed by atoms with Crippen LogP contribution in [0.4, 0.5) is 5.69 Å². The van der Waals surface area contributed by atoms with Gasteiger partial charge < -0.3 is 14.5 Å². The number of carbonyl (C=O) groups excluding carboxylic acids is 1. The van der Waals surface area contributed by atoms with Crippen molar-refractivity contribution in [2.24, 2.45) is 0 Å². The molecule has 1 atom stereocenters. The minimum Gasteiger partial charge on any atom is -0.378 e. The average Bonchev–Trinajstić information content (AvgIpc) is 3.32. The zero-order valence-corrected chi connectivity index (χ0v) is 16.1. The highest BCUT2D eigenvalue weighted by Gasteiger charge is 2.45. The van der Waals surface area contributed by atoms with E-state index in [9.17, 15) is 4.79 Å². The number of nitrogens with zero attached hydrogens (tertiary/aromatic N) is 3. The molecule has 3 aliphatic rings. The molecule has 0 aliphatic carbocycles. The monoisotopic (exact) mass is 357 g/mol. The summed E-state index contributed by atoms with van der Waals surface area (Å²) in [6.45, 7) is 4.96. The van der Waals surface area contributed by atoms with Gasteiger partial charge in [0.15, 0.2) is 0 Å². The first-order valence-corrected chi connectivity index (χ1v) is 10.0. The molecule has 142 valence electrons. The maximum Gasteiger partial charge on any atom is 0.253 e. The summed E-state index contributed by atoms with van der Waals surface area (Å²) >= 11 is 0. The van der Waals surface area contributed by atoms with E-state index in [1.807, 2.05) is 48.2 Å². The van der Waals surface area contributed by atoms with Gasteiger partial charge in [0.1, 0.15) is 0 Å². The topological polar surface area (TPSA) is 36.0 Å². The van der Waals surface area contributed by atoms with Crippen LogP contribution in [-0.2, 0) is 4.74 Å². The number of likely N-dealkylation sites (tertiary alicyclic amines) is 2. The van der Waals surface area contributed by atoms with E-state index in [0.717, 1.165) is 50.2 Å². The lowest BCUT2D eigenvalue weighted by Crippen LogP contribution is -2.47. The van der Waals surface area contributed by atoms with E-state index >= 15 is 0 Å². The molecule has 1 aromatic rings. The van der Waals surface area contributed by atoms with Crippen molar-refractivity contribution in [2.75, 3.05) is 51.8 Å². The molecule has 0 radical (unpaired) electrons. The van der Waals surface area contributed by atoms with Crippen molar-refractivity contribution in [1.82, 2.24) is 9.80 Å². The number of carbonyl (C=O) groups is 1. The molecule has 3 heterocycles. The van der Waals surface area contributed by atoms with Crippen LogP contribution in [0.5, 0.6) is 0 Å². The van der Waals surface area contributed by atoms with Crippen molar-refractivity contribution >= 4 is 11.6 Å². The van der Waals surface area contributed by atoms with Crippen LogP contribution in [0.2, 0.25) is 0 Å². The highest BCUT2D eigenvalue weighted by atomic mass is 16.5. The van der Waals surface area contributed by atoms with Crippen LogP contribution in [0.3, 0.4) is 0 Å². The van der Waals surface area contributed by atoms with E-state index in [0.29, 0.717) is 6.04 Å². The Morgan fingerprint density at radius 3 is 2.35 bits per heavy atom. The van der Waals surface area contributed by atoms with Gasteiger partial charge >= 0.3 is 0 Å². The van der Waals surface area contributed by atoms with Crippen molar-refractivity contribution in [3.05, 3.63) is 29.8 Å². The van der Waals surface area contributed by atoms with Crippen molar-refractivity contribution < 1.29 is 9.53 Å². The van der Waals surface area contributed by atoms with Gasteiger partial charge in [-0.3, -0.25) is 9.69 Å². The van der Waals surface area contributed by atoms with Gasteiger partial charge in [-0.25, -0.2) is 0 Å². The van der Waals surface area contributed by atoms with Crippen molar-refractivity contribution in [1.29, 1.82) is 0 Å². The summed E-state index contributed by atoms with van der Waals surface area (Å²) in [7, 11) is 4.02. The van der Waals surface area contributed by atoms with Crippen LogP contribution in [0, 0.1) is 0 Å². The Morgan fingerprint density at radius 1 is 1.08 bits per heavy atom. The maximum absolute atomic E-state index is 12.8. The molecule has 5 nitrogen and oxygen atoms in total. The second kappa shape index (κ2) is 7.20. The molecule has 0 saturated carbocycles. The van der Waals surface area contributed by atoms with Crippen molar-refractivity contribution in [3.8, 4) is 0 Å². The first-order chi connectivity index (χ1) is 12.6. The molecular formula is C21H31N3O2. The Hall–Kier alpha value is -1.59. The molecule has 1 aromatic carbocycles. The van der Waals surface area contributed by atoms with Gasteiger partial charge in [-0.1, -0.05) is 0 Å². The van der Waals surface area contributed by atoms with Crippen LogP contribution < -0.4 is 4.90 Å². The average molecular weight is 357 g/mol. The van der Waals surface area contributed by atoms with Crippen molar-refractivity contribution in [3.63, 3.8) is 0 Å². The lowest BCUT2D eigenvalue weighted by molar-refractivity contribution is -0.0393. The summed E-state index contributed by atoms with van der Waals surface area (Å²) in [5, 5.41) is 0. The molecule has 0 N–H and O–H groups in total. The molecule has 5 heteroatoms. The molecule has 1 spiro atoms. The molecule has 0 bridgehead atoms. The van der Waals surface area contributed by atoms with Crippen LogP contribution in [0.1, 0.15) is 42.5 Å². The Morgan fingerprint density at radius 2 is 1.73 bits per heavy atom. The number of rotatable bonds is 3. The second-order valence-electron chi connectivity index (χ2n) is 8.33. The van der Waals surface area contributed by atoms with Crippen LogP contribution in [-0.4, -0.2) is 74.2 Å². The minimum absolute atomic E-state index is 0.0127. The van der Waals surface area contributed by atoms with E-state index in [1.54, 1.807) is 0 Å². The smallest absolute Gasteiger partial charge is 0.253 e. The van der Waals surface area contributed by atoms with Crippen LogP contribution in [0.25, 0.3) is 0 Å². The molecular weight excluding hydrogens is 326 g/mol. The second-order valence-corrected chi connectivity index (χ2v) is 8.33. The fourth-order valence-electron chi connectivity index (χ4n) is 4.71. The van der Waals surface area contributed by atoms with E-state index in [1.165, 1.54) is 25.9 Å². The number of ether oxygens (including phenoxy) is 1. The highest BCUT2D eigenvalue weighted by molar-refractivity contribution is 5.94. The third-order valence-electron chi connectivity index (χ3n) is 6.44. The summed E-state index contributed by atoms with van der Waals surface area (Å²) in [5.41, 5.74) is 1.92. The maximum atomic E-state index is 12.8. The Bertz CT molecular complexity index is 629. The van der Waals surface area contributed by atoms with Gasteiger partial charge in [0.2, 0.25) is 0 Å². The normalized spacial score (nSPS) is 25.8. The van der Waals surface area contributed by atoms with E-state index in [4.69, 9.17) is 4.74 Å². The SMILES string of the molecule is CN(C)c1ccc(C(=O)N2CCC3(CC2)CC(N2CCCC2)CO3)cc1. The van der Waals surface area contributed by atoms with Crippen LogP contribution in [0.15, 0.2) is 24.3 Å². The molecule has 3 fully saturated rings. The summed E-state index contributed by atoms with van der Waals surface area (Å²) in [5.74, 6) is 0.152. The Labute approximate surface area is 156 Å². The lowest BCUT2D eigenvalue weighted by Gasteiger charge is -2.39. The van der Waals surface area contributed by atoms with E-state index in [2.05, 4.69) is 4.90 Å². The summed E-state index contributed by atoms with van der Waals surface area (Å²) in [6.07, 6.45) is 5.75. The molecule has 1 unspecified atom stereocenters. The lowest BCUT2D eigenvalue weighted by atomic mass is 9.87. The molecule has 4 rings (SSSR count). The van der Waals surface area contributed by atoms with Gasteiger partial charge in [-0.15, -0.1) is 0 Å². The molecule has 3 aliphatic heterocycles. The third-order valence-corrected chi connectivity index (χ3v) is 6.44. The third kappa shape index (κ3) is 3.47. The number of hydrogen-bond acceptors (Lipinski definition) is 4. The number of benzene rings is 1. The first-order valence-electron chi connectivity index (χ1n) is 10.0. The molecule has 1 amide bonds. The number of hydrogen-bond donors (Lipinski definition) is 0. The molecule has 0 aromatic heterocycles. The zero-order valence-electron chi connectivity index (χ0n) is 16.1. The van der Waals surface area contributed by atoms with Crippen molar-refractivity contribution in [2.45, 2.75) is 43.7 Å². The standard InChI is InChI=1S/C21H31N3O2/c1-22(2)18-7-5-17(6-8-18)20(25)24-13-9-21(10-14-24)15-19(16-26-21)23-11-3-4-12-23/h5-8,19H,3-4,9-16H2,1-2H3. The highest BCUT2D eigenvalue weighted by Crippen LogP contribution is 2.38. The van der Waals surface area contributed by atoms with Gasteiger partial charge in [0.05, 0.1) is 12.2 Å². The predicted molar refractivity (Wildman–Crippen MR) is 104 cm³/mol. The summed E-state index contributed by atoms with van der Waals surface area (Å²) in [4.78, 5) is 19.5. The number of piperidine rings is 1. The first kappa shape index (κ1) is 17.8. The summed E-state index contributed by atoms with van der Waals surface area (Å²) < 4.78 is 6.30. The zero-order chi connectivity index (χ0) is 18.1. The van der Waals surface area contributed by atoms with Gasteiger partial charge in [-0.05, 0) is 69.5 Å². The Kier molecular flexibility index (Phi) is 4.93. The number of anilines is 1. The van der Waals surface area contributed by atoms with Gasteiger partial charge in [0, 0.05) is 44.5 Å². The minimum atomic E-state index is 0.0127. The fraction of sp³-hybridized carbons (Fsp3) is 0.667. The molecule has 26 heavy (non-hydrogen) atoms. The van der Waals surface area contributed by atoms with Gasteiger partial charge in [0.25, 0.3) is 5.91 Å². The predicted octanol–water partition coefficient (Wildman–Crippen LogP) is 2.61. The van der Waals surface area contributed by atoms with Crippen LogP contribution >= 0.6 is 0 Å². The Balaban J connectivity index is 1.34. The quantitative estimate of drug-likeness (QED) is 0.833. The number of amides is 1. The van der Waals surface area contributed by atoms with E-state index in [-0.39, 0.29) is 11.5 Å². The van der Waals surface area contributed by atoms with E-state index < -0.39 is 0 Å². The van der Waals surface area contributed by atoms with Gasteiger partial charge in [-0.2, -0.15) is 0 Å². The fourth-order valence-corrected chi connectivity index (χ4v) is 4.71. The largest absolute Gasteiger partial charge is 0.378 e. The molecule has 3 saturated heterocycles.